The number of ether oxygens (including phenoxy) is 1. The van der Waals surface area contributed by atoms with Gasteiger partial charge in [-0.05, 0) is 12.3 Å². The van der Waals surface area contributed by atoms with Crippen molar-refractivity contribution in [1.82, 2.24) is 10.2 Å². The van der Waals surface area contributed by atoms with E-state index in [1.165, 1.54) is 7.11 Å². The molecule has 1 aliphatic rings. The lowest BCUT2D eigenvalue weighted by Crippen LogP contribution is -2.37. The Morgan fingerprint density at radius 3 is 3.07 bits per heavy atom. The van der Waals surface area contributed by atoms with Crippen LogP contribution in [-0.4, -0.2) is 49.7 Å². The molecule has 1 fully saturated rings. The summed E-state index contributed by atoms with van der Waals surface area (Å²) in [7, 11) is 1.39. The van der Waals surface area contributed by atoms with Crippen LogP contribution in [-0.2, 0) is 4.74 Å². The van der Waals surface area contributed by atoms with Crippen LogP contribution in [0.5, 0.6) is 0 Å². The maximum atomic E-state index is 11.0. The number of alkyl carbamates (subject to hydrolysis) is 1. The molecule has 1 rings (SSSR count). The van der Waals surface area contributed by atoms with Crippen LogP contribution in [0.3, 0.4) is 0 Å². The van der Waals surface area contributed by atoms with Crippen molar-refractivity contribution in [3.63, 3.8) is 0 Å². The molecule has 1 N–H and O–H groups in total. The standard InChI is InChI=1S/C10H19ClN2O2/c1-8(5-11)6-13-4-3-9(7-13)12-10(14)15-2/h8-9H,3-7H2,1-2H3,(H,12,14). The molecular weight excluding hydrogens is 216 g/mol. The number of hydrogen-bond donors (Lipinski definition) is 1. The maximum absolute atomic E-state index is 11.0. The number of alkyl halides is 1. The van der Waals surface area contributed by atoms with Gasteiger partial charge in [-0.25, -0.2) is 4.79 Å². The van der Waals surface area contributed by atoms with Crippen LogP contribution in [0.25, 0.3) is 0 Å². The first-order chi connectivity index (χ1) is 7.15. The fourth-order valence-electron chi connectivity index (χ4n) is 1.83. The van der Waals surface area contributed by atoms with Crippen molar-refractivity contribution in [2.24, 2.45) is 5.92 Å². The monoisotopic (exact) mass is 234 g/mol. The zero-order valence-corrected chi connectivity index (χ0v) is 10.1. The Bertz CT molecular complexity index is 214. The average molecular weight is 235 g/mol. The third-order valence-corrected chi connectivity index (χ3v) is 3.14. The fraction of sp³-hybridized carbons (Fsp3) is 0.900. The second kappa shape index (κ2) is 6.18. The summed E-state index contributed by atoms with van der Waals surface area (Å²) in [6.07, 6.45) is 0.650. The van der Waals surface area contributed by atoms with Gasteiger partial charge in [0.15, 0.2) is 0 Å². The molecule has 0 bridgehead atoms. The van der Waals surface area contributed by atoms with E-state index < -0.39 is 0 Å². The highest BCUT2D eigenvalue weighted by Crippen LogP contribution is 2.12. The van der Waals surface area contributed by atoms with Crippen molar-refractivity contribution < 1.29 is 9.53 Å². The molecule has 15 heavy (non-hydrogen) atoms. The summed E-state index contributed by atoms with van der Waals surface area (Å²) in [5, 5.41) is 2.81. The Balaban J connectivity index is 2.23. The lowest BCUT2D eigenvalue weighted by atomic mass is 10.2. The summed E-state index contributed by atoms with van der Waals surface area (Å²) < 4.78 is 4.56. The Morgan fingerprint density at radius 2 is 2.47 bits per heavy atom. The van der Waals surface area contributed by atoms with Crippen molar-refractivity contribution in [2.45, 2.75) is 19.4 Å². The quantitative estimate of drug-likeness (QED) is 0.746. The zero-order chi connectivity index (χ0) is 11.3. The molecule has 2 unspecified atom stereocenters. The number of rotatable bonds is 4. The third-order valence-electron chi connectivity index (χ3n) is 2.61. The molecule has 0 saturated carbocycles. The first kappa shape index (κ1) is 12.6. The molecule has 1 aliphatic heterocycles. The summed E-state index contributed by atoms with van der Waals surface area (Å²) >= 11 is 5.76. The van der Waals surface area contributed by atoms with Gasteiger partial charge >= 0.3 is 6.09 Å². The number of halogens is 1. The van der Waals surface area contributed by atoms with E-state index in [9.17, 15) is 4.79 Å². The molecule has 4 nitrogen and oxygen atoms in total. The number of likely N-dealkylation sites (tertiary alicyclic amines) is 1. The molecule has 0 aromatic carbocycles. The van der Waals surface area contributed by atoms with Crippen LogP contribution in [0, 0.1) is 5.92 Å². The highest BCUT2D eigenvalue weighted by atomic mass is 35.5. The predicted octanol–water partition coefficient (Wildman–Crippen LogP) is 1.29. The molecule has 0 aromatic rings. The Labute approximate surface area is 95.9 Å². The van der Waals surface area contributed by atoms with Crippen LogP contribution in [0.4, 0.5) is 4.79 Å². The van der Waals surface area contributed by atoms with E-state index in [1.54, 1.807) is 0 Å². The number of carbonyl (C=O) groups excluding carboxylic acids is 1. The largest absolute Gasteiger partial charge is 0.453 e. The molecule has 0 aromatic heterocycles. The summed E-state index contributed by atoms with van der Waals surface area (Å²) in [5.41, 5.74) is 0. The van der Waals surface area contributed by atoms with Crippen LogP contribution in [0.1, 0.15) is 13.3 Å². The van der Waals surface area contributed by atoms with Crippen LogP contribution >= 0.6 is 11.6 Å². The number of methoxy groups -OCH3 is 1. The summed E-state index contributed by atoms with van der Waals surface area (Å²) in [6, 6.07) is 0.222. The molecule has 88 valence electrons. The molecule has 1 saturated heterocycles. The molecule has 1 heterocycles. The van der Waals surface area contributed by atoms with Gasteiger partial charge in [0, 0.05) is 31.6 Å². The fourth-order valence-corrected chi connectivity index (χ4v) is 1.93. The molecular formula is C10H19ClN2O2. The minimum absolute atomic E-state index is 0.222. The van der Waals surface area contributed by atoms with E-state index in [0.717, 1.165) is 26.1 Å². The highest BCUT2D eigenvalue weighted by molar-refractivity contribution is 6.18. The Hall–Kier alpha value is -0.480. The topological polar surface area (TPSA) is 41.6 Å². The van der Waals surface area contributed by atoms with Gasteiger partial charge in [-0.3, -0.25) is 0 Å². The van der Waals surface area contributed by atoms with E-state index in [1.807, 2.05) is 0 Å². The van der Waals surface area contributed by atoms with Crippen molar-refractivity contribution in [1.29, 1.82) is 0 Å². The number of nitrogens with zero attached hydrogens (tertiary/aromatic N) is 1. The highest BCUT2D eigenvalue weighted by Gasteiger charge is 2.24. The lowest BCUT2D eigenvalue weighted by Gasteiger charge is -2.19. The average Bonchev–Trinajstić information content (AvgIpc) is 2.65. The third kappa shape index (κ3) is 4.26. The lowest BCUT2D eigenvalue weighted by molar-refractivity contribution is 0.166. The second-order valence-electron chi connectivity index (χ2n) is 4.14. The van der Waals surface area contributed by atoms with Gasteiger partial charge in [0.2, 0.25) is 0 Å². The van der Waals surface area contributed by atoms with E-state index in [4.69, 9.17) is 11.6 Å². The molecule has 0 radical (unpaired) electrons. The Kier molecular flexibility index (Phi) is 5.19. The van der Waals surface area contributed by atoms with Gasteiger partial charge in [0.1, 0.15) is 0 Å². The van der Waals surface area contributed by atoms with Gasteiger partial charge in [0.25, 0.3) is 0 Å². The smallest absolute Gasteiger partial charge is 0.407 e. The molecule has 1 amide bonds. The van der Waals surface area contributed by atoms with Crippen LogP contribution in [0.15, 0.2) is 0 Å². The molecule has 2 atom stereocenters. The first-order valence-corrected chi connectivity index (χ1v) is 5.82. The number of amides is 1. The Morgan fingerprint density at radius 1 is 1.73 bits per heavy atom. The SMILES string of the molecule is COC(=O)NC1CCN(CC(C)CCl)C1. The van der Waals surface area contributed by atoms with Crippen LogP contribution in [0.2, 0.25) is 0 Å². The molecule has 0 aliphatic carbocycles. The first-order valence-electron chi connectivity index (χ1n) is 5.28. The van der Waals surface area contributed by atoms with Gasteiger partial charge in [0.05, 0.1) is 7.11 Å². The maximum Gasteiger partial charge on any atom is 0.407 e. The minimum atomic E-state index is -0.341. The van der Waals surface area contributed by atoms with E-state index >= 15 is 0 Å². The number of nitrogens with one attached hydrogen (secondary N) is 1. The zero-order valence-electron chi connectivity index (χ0n) is 9.33. The summed E-state index contributed by atoms with van der Waals surface area (Å²) in [4.78, 5) is 13.3. The number of hydrogen-bond acceptors (Lipinski definition) is 3. The van der Waals surface area contributed by atoms with Crippen molar-refractivity contribution >= 4 is 17.7 Å². The predicted molar refractivity (Wildman–Crippen MR) is 60.3 cm³/mol. The van der Waals surface area contributed by atoms with E-state index in [2.05, 4.69) is 21.9 Å². The summed E-state index contributed by atoms with van der Waals surface area (Å²) in [6.45, 7) is 5.06. The van der Waals surface area contributed by atoms with E-state index in [0.29, 0.717) is 11.8 Å². The van der Waals surface area contributed by atoms with Crippen molar-refractivity contribution in [3.05, 3.63) is 0 Å². The van der Waals surface area contributed by atoms with Gasteiger partial charge < -0.3 is 15.0 Å². The van der Waals surface area contributed by atoms with Crippen LogP contribution < -0.4 is 5.32 Å². The minimum Gasteiger partial charge on any atom is -0.453 e. The summed E-state index contributed by atoms with van der Waals surface area (Å²) in [5.74, 6) is 1.19. The molecule has 5 heteroatoms. The van der Waals surface area contributed by atoms with Crippen molar-refractivity contribution in [2.75, 3.05) is 32.6 Å². The number of carbonyl (C=O) groups is 1. The second-order valence-corrected chi connectivity index (χ2v) is 4.45. The normalized spacial score (nSPS) is 23.8. The van der Waals surface area contributed by atoms with Gasteiger partial charge in [-0.1, -0.05) is 6.92 Å². The van der Waals surface area contributed by atoms with E-state index in [-0.39, 0.29) is 12.1 Å². The van der Waals surface area contributed by atoms with Crippen molar-refractivity contribution in [3.8, 4) is 0 Å². The van der Waals surface area contributed by atoms with Gasteiger partial charge in [-0.2, -0.15) is 0 Å². The molecule has 0 spiro atoms. The van der Waals surface area contributed by atoms with Gasteiger partial charge in [-0.15, -0.1) is 11.6 Å².